The molecule has 1 aliphatic rings. The number of carbonyl (C=O) groups is 1. The normalized spacial score (nSPS) is 14.9. The fourth-order valence-corrected chi connectivity index (χ4v) is 4.07. The maximum Gasteiger partial charge on any atom is 0.261 e. The van der Waals surface area contributed by atoms with Gasteiger partial charge < -0.3 is 4.90 Å². The fourth-order valence-electron chi connectivity index (χ4n) is 3.01. The highest BCUT2D eigenvalue weighted by Crippen LogP contribution is 2.27. The summed E-state index contributed by atoms with van der Waals surface area (Å²) in [6.45, 7) is 3.16. The Morgan fingerprint density at radius 2 is 1.69 bits per heavy atom. The maximum atomic E-state index is 14.2. The summed E-state index contributed by atoms with van der Waals surface area (Å²) >= 11 is 0. The Morgan fingerprint density at radius 3 is 2.31 bits per heavy atom. The average molecular weight is 376 g/mol. The van der Waals surface area contributed by atoms with Crippen molar-refractivity contribution < 1.29 is 17.6 Å². The van der Waals surface area contributed by atoms with E-state index in [2.05, 4.69) is 9.62 Å². The topological polar surface area (TPSA) is 66.5 Å². The molecule has 0 bridgehead atoms. The standard InChI is InChI=1S/C19H21FN2O3S/c1-14(23)15-5-8-17(9-6-15)26(24,25)21-19-13-16(7-10-18(19)20)22-11-3-2-4-12-22/h5-10,13,21H,2-4,11-12H2,1H3. The van der Waals surface area contributed by atoms with Crippen LogP contribution in [0.3, 0.4) is 0 Å². The summed E-state index contributed by atoms with van der Waals surface area (Å²) in [5.41, 5.74) is 1.14. The van der Waals surface area contributed by atoms with E-state index in [1.54, 1.807) is 6.07 Å². The molecule has 1 N–H and O–H groups in total. The molecule has 7 heteroatoms. The van der Waals surface area contributed by atoms with Crippen LogP contribution in [0.5, 0.6) is 0 Å². The molecule has 1 aliphatic heterocycles. The number of Topliss-reactive ketones (excluding diaryl/α,β-unsaturated/α-hetero) is 1. The Bertz CT molecular complexity index is 905. The van der Waals surface area contributed by atoms with Crippen LogP contribution in [0.25, 0.3) is 0 Å². The Morgan fingerprint density at radius 1 is 1.04 bits per heavy atom. The monoisotopic (exact) mass is 376 g/mol. The Balaban J connectivity index is 1.85. The number of piperidine rings is 1. The first-order valence-electron chi connectivity index (χ1n) is 8.55. The van der Waals surface area contributed by atoms with Crippen LogP contribution in [0.2, 0.25) is 0 Å². The second-order valence-corrected chi connectivity index (χ2v) is 8.08. The summed E-state index contributed by atoms with van der Waals surface area (Å²) in [5.74, 6) is -0.781. The summed E-state index contributed by atoms with van der Waals surface area (Å²) < 4.78 is 41.6. The lowest BCUT2D eigenvalue weighted by molar-refractivity contribution is 0.101. The van der Waals surface area contributed by atoms with Crippen LogP contribution in [0, 0.1) is 5.82 Å². The zero-order valence-corrected chi connectivity index (χ0v) is 15.4. The predicted molar refractivity (Wildman–Crippen MR) is 99.7 cm³/mol. The first-order valence-corrected chi connectivity index (χ1v) is 10.0. The molecule has 1 saturated heterocycles. The van der Waals surface area contributed by atoms with Crippen LogP contribution >= 0.6 is 0 Å². The third kappa shape index (κ3) is 4.04. The van der Waals surface area contributed by atoms with Gasteiger partial charge in [0.1, 0.15) is 5.82 Å². The zero-order chi connectivity index (χ0) is 18.7. The number of sulfonamides is 1. The van der Waals surface area contributed by atoms with Crippen LogP contribution in [0.4, 0.5) is 15.8 Å². The van der Waals surface area contributed by atoms with Gasteiger partial charge in [-0.25, -0.2) is 12.8 Å². The van der Waals surface area contributed by atoms with E-state index in [1.165, 1.54) is 49.7 Å². The van der Waals surface area contributed by atoms with E-state index in [-0.39, 0.29) is 16.4 Å². The van der Waals surface area contributed by atoms with E-state index in [1.807, 2.05) is 0 Å². The first kappa shape index (κ1) is 18.4. The van der Waals surface area contributed by atoms with Crippen molar-refractivity contribution in [1.82, 2.24) is 0 Å². The number of halogens is 1. The van der Waals surface area contributed by atoms with Crippen LogP contribution in [0.1, 0.15) is 36.5 Å². The molecule has 1 fully saturated rings. The second-order valence-electron chi connectivity index (χ2n) is 6.40. The lowest BCUT2D eigenvalue weighted by Gasteiger charge is -2.29. The minimum atomic E-state index is -3.95. The molecule has 1 heterocycles. The van der Waals surface area contributed by atoms with E-state index < -0.39 is 15.8 Å². The van der Waals surface area contributed by atoms with Gasteiger partial charge in [0.2, 0.25) is 0 Å². The van der Waals surface area contributed by atoms with Gasteiger partial charge in [-0.15, -0.1) is 0 Å². The van der Waals surface area contributed by atoms with Gasteiger partial charge in [0.25, 0.3) is 10.0 Å². The number of hydrogen-bond acceptors (Lipinski definition) is 4. The molecule has 0 radical (unpaired) electrons. The molecule has 26 heavy (non-hydrogen) atoms. The van der Waals surface area contributed by atoms with Crippen molar-refractivity contribution in [2.75, 3.05) is 22.7 Å². The molecule has 0 spiro atoms. The summed E-state index contributed by atoms with van der Waals surface area (Å²) in [5, 5.41) is 0. The number of carbonyl (C=O) groups excluding carboxylic acids is 1. The summed E-state index contributed by atoms with van der Waals surface area (Å²) in [4.78, 5) is 13.4. The first-order chi connectivity index (χ1) is 12.4. The van der Waals surface area contributed by atoms with E-state index in [0.717, 1.165) is 31.6 Å². The van der Waals surface area contributed by atoms with Crippen molar-refractivity contribution in [3.63, 3.8) is 0 Å². The quantitative estimate of drug-likeness (QED) is 0.806. The van der Waals surface area contributed by atoms with Gasteiger partial charge in [0.15, 0.2) is 5.78 Å². The minimum absolute atomic E-state index is 0.0229. The van der Waals surface area contributed by atoms with Gasteiger partial charge in [-0.1, -0.05) is 12.1 Å². The molecule has 0 aromatic heterocycles. The van der Waals surface area contributed by atoms with Gasteiger partial charge in [-0.05, 0) is 56.5 Å². The summed E-state index contributed by atoms with van der Waals surface area (Å²) in [7, 11) is -3.95. The largest absolute Gasteiger partial charge is 0.371 e. The van der Waals surface area contributed by atoms with E-state index in [4.69, 9.17) is 0 Å². The molecule has 138 valence electrons. The number of nitrogens with zero attached hydrogens (tertiary/aromatic N) is 1. The molecular formula is C19H21FN2O3S. The van der Waals surface area contributed by atoms with Crippen LogP contribution < -0.4 is 9.62 Å². The Hall–Kier alpha value is -2.41. The van der Waals surface area contributed by atoms with Crippen LogP contribution in [-0.4, -0.2) is 27.3 Å². The molecule has 0 unspecified atom stereocenters. The van der Waals surface area contributed by atoms with Crippen molar-refractivity contribution in [1.29, 1.82) is 0 Å². The smallest absolute Gasteiger partial charge is 0.261 e. The number of hydrogen-bond donors (Lipinski definition) is 1. The number of anilines is 2. The van der Waals surface area contributed by atoms with Gasteiger partial charge in [-0.3, -0.25) is 9.52 Å². The Kier molecular flexibility index (Phi) is 5.27. The van der Waals surface area contributed by atoms with Crippen LogP contribution in [0.15, 0.2) is 47.4 Å². The molecule has 2 aromatic carbocycles. The van der Waals surface area contributed by atoms with Crippen molar-refractivity contribution >= 4 is 27.2 Å². The molecule has 2 aromatic rings. The van der Waals surface area contributed by atoms with Gasteiger partial charge in [0, 0.05) is 24.3 Å². The van der Waals surface area contributed by atoms with Crippen molar-refractivity contribution in [2.24, 2.45) is 0 Å². The second kappa shape index (κ2) is 7.45. The van der Waals surface area contributed by atoms with Gasteiger partial charge in [-0.2, -0.15) is 0 Å². The van der Waals surface area contributed by atoms with E-state index >= 15 is 0 Å². The number of rotatable bonds is 5. The highest BCUT2D eigenvalue weighted by atomic mass is 32.2. The van der Waals surface area contributed by atoms with Crippen LogP contribution in [-0.2, 0) is 10.0 Å². The van der Waals surface area contributed by atoms with E-state index in [9.17, 15) is 17.6 Å². The molecule has 0 amide bonds. The SMILES string of the molecule is CC(=O)c1ccc(S(=O)(=O)Nc2cc(N3CCCCC3)ccc2F)cc1. The van der Waals surface area contributed by atoms with Crippen molar-refractivity contribution in [2.45, 2.75) is 31.1 Å². The highest BCUT2D eigenvalue weighted by Gasteiger charge is 2.19. The number of benzene rings is 2. The van der Waals surface area contributed by atoms with Crippen molar-refractivity contribution in [3.8, 4) is 0 Å². The predicted octanol–water partition coefficient (Wildman–Crippen LogP) is 3.82. The van der Waals surface area contributed by atoms with E-state index in [0.29, 0.717) is 5.56 Å². The third-order valence-corrected chi connectivity index (χ3v) is 5.87. The van der Waals surface area contributed by atoms with Gasteiger partial charge in [0.05, 0.1) is 10.6 Å². The maximum absolute atomic E-state index is 14.2. The lowest BCUT2D eigenvalue weighted by Crippen LogP contribution is -2.29. The molecule has 0 atom stereocenters. The zero-order valence-electron chi connectivity index (χ0n) is 14.5. The molecule has 0 saturated carbocycles. The Labute approximate surface area is 152 Å². The minimum Gasteiger partial charge on any atom is -0.371 e. The highest BCUT2D eigenvalue weighted by molar-refractivity contribution is 7.92. The summed E-state index contributed by atoms with van der Waals surface area (Å²) in [6, 6.07) is 10.0. The number of nitrogens with one attached hydrogen (secondary N) is 1. The number of ketones is 1. The lowest BCUT2D eigenvalue weighted by atomic mass is 10.1. The third-order valence-electron chi connectivity index (χ3n) is 4.49. The molecule has 5 nitrogen and oxygen atoms in total. The van der Waals surface area contributed by atoms with Gasteiger partial charge >= 0.3 is 0 Å². The molecule has 3 rings (SSSR count). The molecule has 0 aliphatic carbocycles. The fraction of sp³-hybridized carbons (Fsp3) is 0.316. The average Bonchev–Trinajstić information content (AvgIpc) is 2.64. The summed E-state index contributed by atoms with van der Waals surface area (Å²) in [6.07, 6.45) is 3.31. The molecular weight excluding hydrogens is 355 g/mol. The van der Waals surface area contributed by atoms with Crippen molar-refractivity contribution in [3.05, 3.63) is 53.8 Å².